The molecule has 0 aromatic heterocycles. The van der Waals surface area contributed by atoms with E-state index in [0.29, 0.717) is 0 Å². The number of hydrogen-bond donors (Lipinski definition) is 1. The third-order valence-corrected chi connectivity index (χ3v) is 2.93. The molecule has 1 N–H and O–H groups in total. The fraction of sp³-hybridized carbons (Fsp3) is 0.833. The molecular formula is C12H23N. The molecule has 0 radical (unpaired) electrons. The largest absolute Gasteiger partial charge is 0.316 e. The van der Waals surface area contributed by atoms with Crippen molar-refractivity contribution < 1.29 is 0 Å². The summed E-state index contributed by atoms with van der Waals surface area (Å²) >= 11 is 0. The standard InChI is InChI=1S/C12H23N/c1-11(2)7-9-13-10-8-12-5-3-4-6-12/h12-13H,1,3-10H2,2H3. The van der Waals surface area contributed by atoms with Gasteiger partial charge in [0, 0.05) is 0 Å². The van der Waals surface area contributed by atoms with Crippen molar-refractivity contribution in [3.63, 3.8) is 0 Å². The minimum Gasteiger partial charge on any atom is -0.316 e. The van der Waals surface area contributed by atoms with Crippen molar-refractivity contribution in [2.45, 2.75) is 45.4 Å². The molecule has 0 saturated heterocycles. The Morgan fingerprint density at radius 1 is 1.31 bits per heavy atom. The number of hydrogen-bond acceptors (Lipinski definition) is 1. The Labute approximate surface area is 82.6 Å². The van der Waals surface area contributed by atoms with E-state index in [0.717, 1.165) is 18.9 Å². The summed E-state index contributed by atoms with van der Waals surface area (Å²) in [7, 11) is 0. The lowest BCUT2D eigenvalue weighted by atomic mass is 10.0. The van der Waals surface area contributed by atoms with Crippen LogP contribution < -0.4 is 5.32 Å². The van der Waals surface area contributed by atoms with Crippen molar-refractivity contribution in [2.75, 3.05) is 13.1 Å². The van der Waals surface area contributed by atoms with Crippen LogP contribution in [0.5, 0.6) is 0 Å². The predicted octanol–water partition coefficient (Wildman–Crippen LogP) is 3.12. The third-order valence-electron chi connectivity index (χ3n) is 2.93. The van der Waals surface area contributed by atoms with Crippen LogP contribution in [0, 0.1) is 5.92 Å². The number of nitrogens with one attached hydrogen (secondary N) is 1. The van der Waals surface area contributed by atoms with Crippen LogP contribution in [0.4, 0.5) is 0 Å². The maximum absolute atomic E-state index is 3.89. The third kappa shape index (κ3) is 5.09. The molecule has 1 rings (SSSR count). The highest BCUT2D eigenvalue weighted by molar-refractivity contribution is 4.88. The summed E-state index contributed by atoms with van der Waals surface area (Å²) in [4.78, 5) is 0. The van der Waals surface area contributed by atoms with Gasteiger partial charge >= 0.3 is 0 Å². The molecule has 13 heavy (non-hydrogen) atoms. The first-order valence-corrected chi connectivity index (χ1v) is 5.64. The second kappa shape index (κ2) is 6.20. The molecule has 0 aromatic rings. The van der Waals surface area contributed by atoms with Gasteiger partial charge in [0.1, 0.15) is 0 Å². The Balaban J connectivity index is 1.86. The van der Waals surface area contributed by atoms with Crippen LogP contribution in [-0.2, 0) is 0 Å². The van der Waals surface area contributed by atoms with Crippen molar-refractivity contribution in [2.24, 2.45) is 5.92 Å². The van der Waals surface area contributed by atoms with Crippen LogP contribution in [-0.4, -0.2) is 13.1 Å². The summed E-state index contributed by atoms with van der Waals surface area (Å²) in [5, 5.41) is 3.48. The first-order valence-electron chi connectivity index (χ1n) is 5.64. The van der Waals surface area contributed by atoms with Crippen molar-refractivity contribution in [3.05, 3.63) is 12.2 Å². The predicted molar refractivity (Wildman–Crippen MR) is 58.9 cm³/mol. The average Bonchev–Trinajstić information content (AvgIpc) is 2.55. The van der Waals surface area contributed by atoms with Gasteiger partial charge in [-0.1, -0.05) is 31.3 Å². The van der Waals surface area contributed by atoms with Gasteiger partial charge in [0.25, 0.3) is 0 Å². The highest BCUT2D eigenvalue weighted by Crippen LogP contribution is 2.26. The lowest BCUT2D eigenvalue weighted by molar-refractivity contribution is 0.479. The zero-order valence-corrected chi connectivity index (χ0v) is 8.94. The van der Waals surface area contributed by atoms with Crippen LogP contribution >= 0.6 is 0 Å². The topological polar surface area (TPSA) is 12.0 Å². The monoisotopic (exact) mass is 181 g/mol. The van der Waals surface area contributed by atoms with Gasteiger partial charge in [-0.25, -0.2) is 0 Å². The molecule has 1 aliphatic rings. The zero-order chi connectivity index (χ0) is 9.52. The normalized spacial score (nSPS) is 17.9. The van der Waals surface area contributed by atoms with E-state index in [1.807, 2.05) is 0 Å². The summed E-state index contributed by atoms with van der Waals surface area (Å²) in [6.45, 7) is 8.31. The van der Waals surface area contributed by atoms with Crippen LogP contribution in [0.1, 0.15) is 45.4 Å². The molecule has 1 nitrogen and oxygen atoms in total. The fourth-order valence-electron chi connectivity index (χ4n) is 2.03. The van der Waals surface area contributed by atoms with E-state index >= 15 is 0 Å². The molecule has 76 valence electrons. The van der Waals surface area contributed by atoms with Gasteiger partial charge in [-0.15, -0.1) is 6.58 Å². The van der Waals surface area contributed by atoms with E-state index in [4.69, 9.17) is 0 Å². The fourth-order valence-corrected chi connectivity index (χ4v) is 2.03. The molecule has 0 aliphatic heterocycles. The Hall–Kier alpha value is -0.300. The van der Waals surface area contributed by atoms with E-state index in [1.54, 1.807) is 0 Å². The highest BCUT2D eigenvalue weighted by atomic mass is 14.8. The van der Waals surface area contributed by atoms with Gasteiger partial charge in [0.15, 0.2) is 0 Å². The van der Waals surface area contributed by atoms with Crippen molar-refractivity contribution >= 4 is 0 Å². The summed E-state index contributed by atoms with van der Waals surface area (Å²) in [6, 6.07) is 0. The first-order chi connectivity index (χ1) is 6.29. The summed E-state index contributed by atoms with van der Waals surface area (Å²) < 4.78 is 0. The van der Waals surface area contributed by atoms with E-state index < -0.39 is 0 Å². The molecule has 0 heterocycles. The molecule has 0 bridgehead atoms. The summed E-state index contributed by atoms with van der Waals surface area (Å²) in [6.07, 6.45) is 8.40. The van der Waals surface area contributed by atoms with Crippen LogP contribution in [0.3, 0.4) is 0 Å². The molecule has 1 aliphatic carbocycles. The van der Waals surface area contributed by atoms with Crippen molar-refractivity contribution in [1.29, 1.82) is 0 Å². The Kier molecular flexibility index (Phi) is 5.14. The summed E-state index contributed by atoms with van der Waals surface area (Å²) in [5.41, 5.74) is 1.29. The van der Waals surface area contributed by atoms with Gasteiger partial charge in [-0.3, -0.25) is 0 Å². The zero-order valence-electron chi connectivity index (χ0n) is 8.94. The molecule has 0 amide bonds. The molecule has 1 saturated carbocycles. The molecule has 0 aromatic carbocycles. The summed E-state index contributed by atoms with van der Waals surface area (Å²) in [5.74, 6) is 1.03. The van der Waals surface area contributed by atoms with Gasteiger partial charge in [-0.05, 0) is 38.8 Å². The smallest absolute Gasteiger partial charge is 0.00118 e. The SMILES string of the molecule is C=C(C)CCNCCC1CCCC1. The highest BCUT2D eigenvalue weighted by Gasteiger charge is 2.13. The quantitative estimate of drug-likeness (QED) is 0.490. The van der Waals surface area contributed by atoms with E-state index in [1.165, 1.54) is 44.2 Å². The molecule has 0 unspecified atom stereocenters. The first kappa shape index (κ1) is 10.8. The van der Waals surface area contributed by atoms with Crippen molar-refractivity contribution in [3.8, 4) is 0 Å². The minimum absolute atomic E-state index is 1.03. The van der Waals surface area contributed by atoms with Crippen LogP contribution in [0.15, 0.2) is 12.2 Å². The second-order valence-corrected chi connectivity index (χ2v) is 4.40. The van der Waals surface area contributed by atoms with Crippen molar-refractivity contribution in [1.82, 2.24) is 5.32 Å². The lowest BCUT2D eigenvalue weighted by Gasteiger charge is -2.09. The molecular weight excluding hydrogens is 158 g/mol. The lowest BCUT2D eigenvalue weighted by Crippen LogP contribution is -2.18. The molecule has 0 spiro atoms. The maximum atomic E-state index is 3.89. The molecule has 1 fully saturated rings. The maximum Gasteiger partial charge on any atom is -0.00118 e. The van der Waals surface area contributed by atoms with Gasteiger partial charge in [0.2, 0.25) is 0 Å². The second-order valence-electron chi connectivity index (χ2n) is 4.40. The molecule has 1 heteroatoms. The Morgan fingerprint density at radius 2 is 2.00 bits per heavy atom. The van der Waals surface area contributed by atoms with Crippen LogP contribution in [0.2, 0.25) is 0 Å². The Morgan fingerprint density at radius 3 is 2.62 bits per heavy atom. The van der Waals surface area contributed by atoms with E-state index in [2.05, 4.69) is 18.8 Å². The average molecular weight is 181 g/mol. The minimum atomic E-state index is 1.03. The van der Waals surface area contributed by atoms with Crippen LogP contribution in [0.25, 0.3) is 0 Å². The Bertz CT molecular complexity index is 145. The van der Waals surface area contributed by atoms with Gasteiger partial charge in [-0.2, -0.15) is 0 Å². The van der Waals surface area contributed by atoms with E-state index in [9.17, 15) is 0 Å². The van der Waals surface area contributed by atoms with Gasteiger partial charge in [0.05, 0.1) is 0 Å². The van der Waals surface area contributed by atoms with Gasteiger partial charge < -0.3 is 5.32 Å². The number of rotatable bonds is 6. The van der Waals surface area contributed by atoms with E-state index in [-0.39, 0.29) is 0 Å². The molecule has 0 atom stereocenters.